The summed E-state index contributed by atoms with van der Waals surface area (Å²) in [5.74, 6) is -3.83. The number of alkyl halides is 3. The first-order valence-electron chi connectivity index (χ1n) is 13.3. The van der Waals surface area contributed by atoms with Crippen molar-refractivity contribution in [1.82, 2.24) is 0 Å². The molecule has 4 aromatic rings. The van der Waals surface area contributed by atoms with E-state index in [1.165, 1.54) is 18.1 Å². The lowest BCUT2D eigenvalue weighted by Crippen LogP contribution is -2.25. The van der Waals surface area contributed by atoms with Crippen molar-refractivity contribution in [3.05, 3.63) is 89.2 Å². The summed E-state index contributed by atoms with van der Waals surface area (Å²) in [4.78, 5) is 12.5. The van der Waals surface area contributed by atoms with Gasteiger partial charge in [-0.3, -0.25) is 4.79 Å². The SMILES string of the molecule is CC1CCC(C(=O)Oc2ccc(-c3cc(F)c(-c4ccc5c(F)c(C#CC(F)(F)F)c(F)cc5c4)c(F)c3)c(F)c2)CC1. The second-order valence-electron chi connectivity index (χ2n) is 10.6. The molecule has 0 radical (unpaired) electrons. The predicted molar refractivity (Wildman–Crippen MR) is 144 cm³/mol. The fourth-order valence-electron chi connectivity index (χ4n) is 5.23. The molecule has 0 aliphatic heterocycles. The van der Waals surface area contributed by atoms with Crippen LogP contribution in [0.4, 0.5) is 35.1 Å². The summed E-state index contributed by atoms with van der Waals surface area (Å²) in [6, 6.07) is 9.22. The average Bonchev–Trinajstić information content (AvgIpc) is 2.92. The van der Waals surface area contributed by atoms with Gasteiger partial charge >= 0.3 is 12.1 Å². The van der Waals surface area contributed by atoms with Crippen LogP contribution in [0.15, 0.2) is 54.6 Å². The van der Waals surface area contributed by atoms with Gasteiger partial charge in [0.2, 0.25) is 0 Å². The molecule has 0 aromatic heterocycles. The van der Waals surface area contributed by atoms with Crippen LogP contribution < -0.4 is 4.74 Å². The van der Waals surface area contributed by atoms with Crippen molar-refractivity contribution >= 4 is 16.7 Å². The largest absolute Gasteiger partial charge is 0.458 e. The molecule has 0 amide bonds. The summed E-state index contributed by atoms with van der Waals surface area (Å²) in [6.45, 7) is 2.11. The lowest BCUT2D eigenvalue weighted by molar-refractivity contribution is -0.140. The first-order valence-corrected chi connectivity index (χ1v) is 13.3. The molecule has 0 spiro atoms. The molecule has 1 aliphatic carbocycles. The third kappa shape index (κ3) is 6.51. The molecule has 0 bridgehead atoms. The maximum Gasteiger partial charge on any atom is 0.458 e. The van der Waals surface area contributed by atoms with E-state index in [-0.39, 0.29) is 39.1 Å². The van der Waals surface area contributed by atoms with E-state index in [2.05, 4.69) is 6.92 Å². The topological polar surface area (TPSA) is 26.3 Å². The molecule has 0 unspecified atom stereocenters. The summed E-state index contributed by atoms with van der Waals surface area (Å²) >= 11 is 0. The fraction of sp³-hybridized carbons (Fsp3) is 0.242. The standard InChI is InChI=1S/C33H22F8O2/c1-17-2-4-18(5-3-17)32(42)43-22-7-9-23(27(35)16-22)21-14-28(36)30(29(37)15-21)19-6-8-24-20(12-19)13-26(34)25(31(24)38)10-11-33(39,40)41/h6-9,12-18H,2-5H2,1H3. The minimum absolute atomic E-state index is 0.0365. The molecule has 10 heteroatoms. The monoisotopic (exact) mass is 602 g/mol. The minimum Gasteiger partial charge on any atom is -0.426 e. The zero-order valence-electron chi connectivity index (χ0n) is 22.5. The van der Waals surface area contributed by atoms with Crippen LogP contribution in [0, 0.1) is 52.8 Å². The van der Waals surface area contributed by atoms with E-state index in [1.807, 2.05) is 0 Å². The highest BCUT2D eigenvalue weighted by atomic mass is 19.4. The highest BCUT2D eigenvalue weighted by molar-refractivity contribution is 5.89. The van der Waals surface area contributed by atoms with Gasteiger partial charge in [-0.25, -0.2) is 22.0 Å². The van der Waals surface area contributed by atoms with E-state index in [9.17, 15) is 31.1 Å². The van der Waals surface area contributed by atoms with E-state index in [4.69, 9.17) is 4.74 Å². The number of rotatable bonds is 4. The summed E-state index contributed by atoms with van der Waals surface area (Å²) in [7, 11) is 0. The average molecular weight is 603 g/mol. The lowest BCUT2D eigenvalue weighted by Gasteiger charge is -2.24. The molecule has 0 saturated heterocycles. The number of carbonyl (C=O) groups excluding carboxylic acids is 1. The van der Waals surface area contributed by atoms with Gasteiger partial charge in [0.25, 0.3) is 0 Å². The van der Waals surface area contributed by atoms with Gasteiger partial charge < -0.3 is 4.74 Å². The van der Waals surface area contributed by atoms with Gasteiger partial charge in [-0.05, 0) is 84.5 Å². The van der Waals surface area contributed by atoms with Crippen LogP contribution in [0.5, 0.6) is 5.75 Å². The van der Waals surface area contributed by atoms with Crippen molar-refractivity contribution in [2.75, 3.05) is 0 Å². The lowest BCUT2D eigenvalue weighted by atomic mass is 9.83. The van der Waals surface area contributed by atoms with E-state index >= 15 is 8.78 Å². The molecule has 0 atom stereocenters. The van der Waals surface area contributed by atoms with Gasteiger partial charge in [0.05, 0.1) is 17.0 Å². The molecule has 43 heavy (non-hydrogen) atoms. The van der Waals surface area contributed by atoms with Gasteiger partial charge in [0.15, 0.2) is 0 Å². The summed E-state index contributed by atoms with van der Waals surface area (Å²) in [6.07, 6.45) is -1.80. The fourth-order valence-corrected chi connectivity index (χ4v) is 5.23. The van der Waals surface area contributed by atoms with Crippen molar-refractivity contribution in [1.29, 1.82) is 0 Å². The number of hydrogen-bond acceptors (Lipinski definition) is 2. The summed E-state index contributed by atoms with van der Waals surface area (Å²) in [5.41, 5.74) is -2.10. The Hall–Kier alpha value is -4.39. The Morgan fingerprint density at radius 3 is 2.09 bits per heavy atom. The summed E-state index contributed by atoms with van der Waals surface area (Å²) in [5, 5.41) is -0.484. The Morgan fingerprint density at radius 1 is 0.791 bits per heavy atom. The second-order valence-corrected chi connectivity index (χ2v) is 10.6. The molecular formula is C33H22F8O2. The zero-order chi connectivity index (χ0) is 31.1. The van der Waals surface area contributed by atoms with Crippen LogP contribution in [0.2, 0.25) is 0 Å². The van der Waals surface area contributed by atoms with E-state index < -0.39 is 52.4 Å². The molecule has 0 N–H and O–H groups in total. The highest BCUT2D eigenvalue weighted by Crippen LogP contribution is 2.36. The van der Waals surface area contributed by atoms with Gasteiger partial charge in [0.1, 0.15) is 34.8 Å². The van der Waals surface area contributed by atoms with Gasteiger partial charge in [-0.15, -0.1) is 0 Å². The van der Waals surface area contributed by atoms with E-state index in [1.54, 1.807) is 0 Å². The molecule has 0 heterocycles. The Kier molecular flexibility index (Phi) is 8.19. The number of carbonyl (C=O) groups is 1. The first-order chi connectivity index (χ1) is 20.3. The molecule has 2 nitrogen and oxygen atoms in total. The zero-order valence-corrected chi connectivity index (χ0v) is 22.5. The second kappa shape index (κ2) is 11.7. The van der Waals surface area contributed by atoms with E-state index in [0.29, 0.717) is 24.8 Å². The van der Waals surface area contributed by atoms with Gasteiger partial charge in [0, 0.05) is 22.9 Å². The maximum atomic E-state index is 15.2. The number of ether oxygens (including phenoxy) is 1. The molecule has 1 aliphatic rings. The smallest absolute Gasteiger partial charge is 0.426 e. The van der Waals surface area contributed by atoms with Gasteiger partial charge in [-0.1, -0.05) is 25.0 Å². The molecule has 222 valence electrons. The highest BCUT2D eigenvalue weighted by Gasteiger charge is 2.27. The minimum atomic E-state index is -4.97. The Morgan fingerprint density at radius 2 is 1.47 bits per heavy atom. The third-order valence-corrected chi connectivity index (χ3v) is 7.51. The Labute approximate surface area is 241 Å². The maximum absolute atomic E-state index is 15.2. The van der Waals surface area contributed by atoms with Crippen molar-refractivity contribution in [3.63, 3.8) is 0 Å². The third-order valence-electron chi connectivity index (χ3n) is 7.51. The number of halogens is 8. The molecular weight excluding hydrogens is 580 g/mol. The van der Waals surface area contributed by atoms with Crippen LogP contribution in [0.1, 0.15) is 38.2 Å². The predicted octanol–water partition coefficient (Wildman–Crippen LogP) is 9.51. The van der Waals surface area contributed by atoms with Crippen molar-refractivity contribution in [3.8, 4) is 39.8 Å². The number of esters is 1. The van der Waals surface area contributed by atoms with E-state index in [0.717, 1.165) is 55.2 Å². The summed E-state index contributed by atoms with van der Waals surface area (Å²) < 4.78 is 117. The van der Waals surface area contributed by atoms with Crippen LogP contribution >= 0.6 is 0 Å². The van der Waals surface area contributed by atoms with Crippen molar-refractivity contribution < 1.29 is 44.7 Å². The normalized spacial score (nSPS) is 17.0. The Bertz CT molecular complexity index is 1770. The van der Waals surface area contributed by atoms with Crippen molar-refractivity contribution in [2.24, 2.45) is 11.8 Å². The first kappa shape index (κ1) is 30.1. The number of hydrogen-bond donors (Lipinski definition) is 0. The molecule has 1 fully saturated rings. The molecule has 4 aromatic carbocycles. The quantitative estimate of drug-likeness (QED) is 0.101. The number of fused-ring (bicyclic) bond motifs is 1. The molecule has 5 rings (SSSR count). The van der Waals surface area contributed by atoms with Crippen LogP contribution in [-0.4, -0.2) is 12.1 Å². The van der Waals surface area contributed by atoms with Gasteiger partial charge in [-0.2, -0.15) is 13.2 Å². The van der Waals surface area contributed by atoms with Crippen LogP contribution in [-0.2, 0) is 4.79 Å². The van der Waals surface area contributed by atoms with Crippen molar-refractivity contribution in [2.45, 2.75) is 38.8 Å². The van der Waals surface area contributed by atoms with Crippen LogP contribution in [0.3, 0.4) is 0 Å². The Balaban J connectivity index is 1.42. The van der Waals surface area contributed by atoms with Crippen LogP contribution in [0.25, 0.3) is 33.0 Å². The molecule has 1 saturated carbocycles. The number of benzene rings is 4.